The molecule has 0 bridgehead atoms. The number of aromatic nitrogens is 2. The molecule has 6 nitrogen and oxygen atoms in total. The monoisotopic (exact) mass is 810 g/mol. The molecule has 6 aromatic carbocycles. The SMILES string of the molecule is OCCOC1(OCCO)C=CC2=CC(c3c[nH]c(-c4ccccc4)c3-c3ccccc3)(c3c[nH]c(-c4ccccc4)c3-c3ccccc3)C=CC2=C1c1cccc2ccccc12. The predicted octanol–water partition coefficient (Wildman–Crippen LogP) is 11.7. The van der Waals surface area contributed by atoms with Crippen molar-refractivity contribution in [3.63, 3.8) is 0 Å². The van der Waals surface area contributed by atoms with Gasteiger partial charge in [-0.05, 0) is 66.9 Å². The molecule has 62 heavy (non-hydrogen) atoms. The lowest BCUT2D eigenvalue weighted by atomic mass is 9.66. The molecule has 2 aliphatic rings. The fourth-order valence-corrected chi connectivity index (χ4v) is 9.42. The first-order valence-electron chi connectivity index (χ1n) is 21.1. The molecule has 0 radical (unpaired) electrons. The van der Waals surface area contributed by atoms with Crippen LogP contribution in [0.25, 0.3) is 61.1 Å². The van der Waals surface area contributed by atoms with Gasteiger partial charge >= 0.3 is 0 Å². The molecule has 0 amide bonds. The molecule has 4 N–H and O–H groups in total. The van der Waals surface area contributed by atoms with Crippen LogP contribution in [0.2, 0.25) is 0 Å². The normalized spacial score (nSPS) is 15.2. The van der Waals surface area contributed by atoms with Gasteiger partial charge < -0.3 is 29.7 Å². The van der Waals surface area contributed by atoms with Crippen molar-refractivity contribution in [1.29, 1.82) is 0 Å². The molecule has 8 aromatic rings. The molecule has 0 aliphatic heterocycles. The molecule has 0 fully saturated rings. The molecule has 304 valence electrons. The van der Waals surface area contributed by atoms with E-state index in [4.69, 9.17) is 9.47 Å². The molecule has 10 rings (SSSR count). The second-order valence-electron chi connectivity index (χ2n) is 15.6. The van der Waals surface area contributed by atoms with Gasteiger partial charge in [0, 0.05) is 29.1 Å². The van der Waals surface area contributed by atoms with Gasteiger partial charge in [0.15, 0.2) is 0 Å². The van der Waals surface area contributed by atoms with E-state index in [0.717, 1.165) is 89.0 Å². The number of ether oxygens (including phenoxy) is 2. The number of rotatable bonds is 13. The summed E-state index contributed by atoms with van der Waals surface area (Å²) < 4.78 is 13.1. The van der Waals surface area contributed by atoms with Crippen molar-refractivity contribution in [2.75, 3.05) is 26.4 Å². The maximum absolute atomic E-state index is 10.1. The standard InChI is InChI=1S/C56H46N2O4/c59-32-34-61-56(62-35-33-60)31-28-44-36-55(30-29-46(44)52(56)47-27-15-25-39-16-13-14-26-45(39)47,48-37-57-53(42-21-9-3-10-22-42)50(48)40-17-5-1-6-18-40)49-38-58-54(43-23-11-4-12-24-43)51(49)41-19-7-2-8-20-41/h1-31,36-38,57-60H,32-35H2. The van der Waals surface area contributed by atoms with E-state index in [9.17, 15) is 10.2 Å². The zero-order chi connectivity index (χ0) is 41.9. The third kappa shape index (κ3) is 6.80. The largest absolute Gasteiger partial charge is 0.394 e. The summed E-state index contributed by atoms with van der Waals surface area (Å²) in [5.41, 5.74) is 13.6. The Morgan fingerprint density at radius 1 is 0.484 bits per heavy atom. The van der Waals surface area contributed by atoms with E-state index < -0.39 is 11.2 Å². The number of H-pyrrole nitrogens is 2. The highest BCUT2D eigenvalue weighted by Gasteiger charge is 2.45. The maximum atomic E-state index is 10.1. The van der Waals surface area contributed by atoms with Crippen LogP contribution >= 0.6 is 0 Å². The van der Waals surface area contributed by atoms with E-state index >= 15 is 0 Å². The molecule has 0 atom stereocenters. The lowest BCUT2D eigenvalue weighted by molar-refractivity contribution is -0.173. The number of allylic oxidation sites excluding steroid dienone is 6. The van der Waals surface area contributed by atoms with Crippen LogP contribution in [0.4, 0.5) is 0 Å². The molecule has 0 spiro atoms. The average Bonchev–Trinajstić information content (AvgIpc) is 4.01. The zero-order valence-corrected chi connectivity index (χ0v) is 34.2. The summed E-state index contributed by atoms with van der Waals surface area (Å²) >= 11 is 0. The predicted molar refractivity (Wildman–Crippen MR) is 250 cm³/mol. The number of nitrogens with one attached hydrogen (secondary N) is 2. The first-order valence-corrected chi connectivity index (χ1v) is 21.1. The highest BCUT2D eigenvalue weighted by molar-refractivity contribution is 6.00. The molecular formula is C56H46N2O4. The second-order valence-corrected chi connectivity index (χ2v) is 15.6. The van der Waals surface area contributed by atoms with E-state index in [0.29, 0.717) is 0 Å². The fraction of sp³-hybridized carbons (Fsp3) is 0.107. The van der Waals surface area contributed by atoms with E-state index in [1.807, 2.05) is 30.3 Å². The zero-order valence-electron chi connectivity index (χ0n) is 34.2. The second kappa shape index (κ2) is 16.8. The Labute approximate surface area is 361 Å². The van der Waals surface area contributed by atoms with Gasteiger partial charge in [-0.15, -0.1) is 0 Å². The molecule has 0 unspecified atom stereocenters. The van der Waals surface area contributed by atoms with Gasteiger partial charge in [0.2, 0.25) is 5.79 Å². The molecular weight excluding hydrogens is 765 g/mol. The van der Waals surface area contributed by atoms with Gasteiger partial charge in [-0.3, -0.25) is 0 Å². The summed E-state index contributed by atoms with van der Waals surface area (Å²) in [6, 6.07) is 56.9. The van der Waals surface area contributed by atoms with Gasteiger partial charge in [0.05, 0.1) is 43.2 Å². The Morgan fingerprint density at radius 3 is 1.50 bits per heavy atom. The molecule has 0 saturated carbocycles. The molecule has 0 saturated heterocycles. The number of aromatic amines is 2. The molecule has 6 heteroatoms. The Bertz CT molecular complexity index is 2840. The van der Waals surface area contributed by atoms with Crippen LogP contribution in [-0.2, 0) is 14.9 Å². The number of aliphatic hydroxyl groups excluding tert-OH is 2. The van der Waals surface area contributed by atoms with Gasteiger partial charge in [-0.1, -0.05) is 188 Å². The Hall–Kier alpha value is -7.06. The topological polar surface area (TPSA) is 90.5 Å². The first kappa shape index (κ1) is 39.1. The average molecular weight is 811 g/mol. The maximum Gasteiger partial charge on any atom is 0.216 e. The molecule has 2 heterocycles. The Balaban J connectivity index is 1.31. The van der Waals surface area contributed by atoms with Crippen LogP contribution in [0, 0.1) is 0 Å². The minimum absolute atomic E-state index is 0.0299. The van der Waals surface area contributed by atoms with Crippen molar-refractivity contribution in [2.45, 2.75) is 11.2 Å². The van der Waals surface area contributed by atoms with Crippen molar-refractivity contribution in [1.82, 2.24) is 9.97 Å². The summed E-state index contributed by atoms with van der Waals surface area (Å²) in [6.07, 6.45) is 15.3. The van der Waals surface area contributed by atoms with Crippen molar-refractivity contribution in [3.8, 4) is 44.8 Å². The highest BCUT2D eigenvalue weighted by Crippen LogP contribution is 2.54. The van der Waals surface area contributed by atoms with Gasteiger partial charge in [-0.25, -0.2) is 0 Å². The summed E-state index contributed by atoms with van der Waals surface area (Å²) in [5.74, 6) is -1.40. The third-order valence-electron chi connectivity index (χ3n) is 12.1. The molecule has 2 aliphatic carbocycles. The van der Waals surface area contributed by atoms with Crippen LogP contribution in [0.15, 0.2) is 218 Å². The van der Waals surface area contributed by atoms with Crippen molar-refractivity contribution < 1.29 is 19.7 Å². The van der Waals surface area contributed by atoms with Gasteiger partial charge in [0.25, 0.3) is 0 Å². The Kier molecular flexibility index (Phi) is 10.6. The number of hydrogen-bond acceptors (Lipinski definition) is 4. The van der Waals surface area contributed by atoms with Crippen LogP contribution in [-0.4, -0.2) is 52.4 Å². The number of hydrogen-bond donors (Lipinski definition) is 4. The summed E-state index contributed by atoms with van der Waals surface area (Å²) in [4.78, 5) is 7.55. The van der Waals surface area contributed by atoms with Crippen LogP contribution in [0.5, 0.6) is 0 Å². The lowest BCUT2D eigenvalue weighted by Crippen LogP contribution is -2.40. The molecule has 2 aromatic heterocycles. The fourth-order valence-electron chi connectivity index (χ4n) is 9.42. The van der Waals surface area contributed by atoms with Crippen LogP contribution in [0.1, 0.15) is 16.7 Å². The van der Waals surface area contributed by atoms with E-state index in [2.05, 4.69) is 186 Å². The minimum atomic E-state index is -1.40. The van der Waals surface area contributed by atoms with Crippen molar-refractivity contribution >= 4 is 16.3 Å². The summed E-state index contributed by atoms with van der Waals surface area (Å²) in [7, 11) is 0. The number of benzene rings is 6. The smallest absolute Gasteiger partial charge is 0.216 e. The van der Waals surface area contributed by atoms with E-state index in [-0.39, 0.29) is 26.4 Å². The quantitative estimate of drug-likeness (QED) is 0.0873. The summed E-state index contributed by atoms with van der Waals surface area (Å²) in [5, 5.41) is 22.4. The lowest BCUT2D eigenvalue weighted by Gasteiger charge is -2.40. The third-order valence-corrected chi connectivity index (χ3v) is 12.1. The van der Waals surface area contributed by atoms with Crippen LogP contribution in [0.3, 0.4) is 0 Å². The Morgan fingerprint density at radius 2 is 0.968 bits per heavy atom. The number of fused-ring (bicyclic) bond motifs is 2. The van der Waals surface area contributed by atoms with Crippen molar-refractivity contribution in [2.24, 2.45) is 0 Å². The van der Waals surface area contributed by atoms with Crippen molar-refractivity contribution in [3.05, 3.63) is 234 Å². The van der Waals surface area contributed by atoms with E-state index in [1.54, 1.807) is 0 Å². The van der Waals surface area contributed by atoms with Crippen LogP contribution < -0.4 is 0 Å². The summed E-state index contributed by atoms with van der Waals surface area (Å²) in [6.45, 7) is -0.335. The highest BCUT2D eigenvalue weighted by atomic mass is 16.7. The van der Waals surface area contributed by atoms with E-state index in [1.165, 1.54) is 0 Å². The van der Waals surface area contributed by atoms with Gasteiger partial charge in [-0.2, -0.15) is 0 Å². The first-order chi connectivity index (χ1) is 30.6. The minimum Gasteiger partial charge on any atom is -0.394 e. The van der Waals surface area contributed by atoms with Gasteiger partial charge in [0.1, 0.15) is 0 Å². The number of aliphatic hydroxyl groups is 2.